The van der Waals surface area contributed by atoms with Crippen molar-refractivity contribution in [1.29, 1.82) is 0 Å². The van der Waals surface area contributed by atoms with Crippen LogP contribution < -0.4 is 10.6 Å². The van der Waals surface area contributed by atoms with Crippen molar-refractivity contribution >= 4 is 17.4 Å². The zero-order chi connectivity index (χ0) is 18.0. The standard InChI is InChI=1S/C15H19NO.C5H6N2O/c1-10-9-13-5-3-4-6-14(13)16(11(2)17)15(10)12-7-8-12;6-5-4(8)2-1-3-7-5/h3-6,10,12,15H,7-9H2,1-2H3;1-3,8H,(H2,6,7)/t10-,15-;/m1./s1. The number of aromatic nitrogens is 1. The number of fused-ring (bicyclic) bond motifs is 1. The van der Waals surface area contributed by atoms with Crippen molar-refractivity contribution in [2.24, 2.45) is 11.8 Å². The molecule has 5 heteroatoms. The van der Waals surface area contributed by atoms with E-state index in [4.69, 9.17) is 10.8 Å². The van der Waals surface area contributed by atoms with E-state index in [0.29, 0.717) is 12.0 Å². The monoisotopic (exact) mass is 339 g/mol. The van der Waals surface area contributed by atoms with Gasteiger partial charge in [0.2, 0.25) is 5.91 Å². The molecule has 132 valence electrons. The Morgan fingerprint density at radius 3 is 2.52 bits per heavy atom. The number of amides is 1. The fourth-order valence-electron chi connectivity index (χ4n) is 3.70. The fraction of sp³-hybridized carbons (Fsp3) is 0.400. The topological polar surface area (TPSA) is 79.5 Å². The first-order valence-corrected chi connectivity index (χ1v) is 8.76. The minimum Gasteiger partial charge on any atom is -0.504 e. The second-order valence-corrected chi connectivity index (χ2v) is 6.93. The summed E-state index contributed by atoms with van der Waals surface area (Å²) in [6.45, 7) is 3.99. The molecule has 1 saturated carbocycles. The Balaban J connectivity index is 0.000000192. The van der Waals surface area contributed by atoms with Crippen LogP contribution in [0.15, 0.2) is 42.6 Å². The van der Waals surface area contributed by atoms with E-state index >= 15 is 0 Å². The van der Waals surface area contributed by atoms with Gasteiger partial charge < -0.3 is 15.7 Å². The molecule has 2 heterocycles. The van der Waals surface area contributed by atoms with E-state index in [1.165, 1.54) is 30.7 Å². The number of hydrogen-bond acceptors (Lipinski definition) is 4. The maximum atomic E-state index is 12.0. The molecule has 2 aromatic rings. The number of anilines is 2. The molecule has 1 aromatic carbocycles. The van der Waals surface area contributed by atoms with E-state index < -0.39 is 0 Å². The van der Waals surface area contributed by atoms with Crippen molar-refractivity contribution in [3.8, 4) is 5.75 Å². The van der Waals surface area contributed by atoms with Crippen LogP contribution >= 0.6 is 0 Å². The van der Waals surface area contributed by atoms with Crippen LogP contribution in [0.5, 0.6) is 5.75 Å². The molecule has 1 fully saturated rings. The quantitative estimate of drug-likeness (QED) is 0.835. The maximum Gasteiger partial charge on any atom is 0.224 e. The average Bonchev–Trinajstić information content (AvgIpc) is 3.41. The summed E-state index contributed by atoms with van der Waals surface area (Å²) in [5, 5.41) is 8.73. The molecule has 25 heavy (non-hydrogen) atoms. The van der Waals surface area contributed by atoms with E-state index in [2.05, 4.69) is 35.0 Å². The van der Waals surface area contributed by atoms with Crippen LogP contribution in [-0.4, -0.2) is 22.0 Å². The molecule has 2 aliphatic rings. The Kier molecular flexibility index (Phi) is 4.93. The van der Waals surface area contributed by atoms with Gasteiger partial charge in [0.05, 0.1) is 0 Å². The lowest BCUT2D eigenvalue weighted by molar-refractivity contribution is -0.117. The lowest BCUT2D eigenvalue weighted by Crippen LogP contribution is -2.48. The molecule has 1 aliphatic carbocycles. The minimum absolute atomic E-state index is 0.0347. The van der Waals surface area contributed by atoms with Gasteiger partial charge in [-0.2, -0.15) is 0 Å². The number of pyridine rings is 1. The number of nitrogens with two attached hydrogens (primary N) is 1. The number of hydrogen-bond donors (Lipinski definition) is 2. The molecule has 1 aromatic heterocycles. The van der Waals surface area contributed by atoms with Crippen molar-refractivity contribution in [2.75, 3.05) is 10.6 Å². The average molecular weight is 339 g/mol. The second kappa shape index (κ2) is 7.13. The molecule has 0 spiro atoms. The summed E-state index contributed by atoms with van der Waals surface area (Å²) >= 11 is 0. The molecular formula is C20H25N3O2. The molecule has 0 unspecified atom stereocenters. The normalized spacial score (nSPS) is 21.8. The van der Waals surface area contributed by atoms with Gasteiger partial charge in [-0.3, -0.25) is 4.79 Å². The van der Waals surface area contributed by atoms with Crippen molar-refractivity contribution in [2.45, 2.75) is 39.2 Å². The van der Waals surface area contributed by atoms with Gasteiger partial charge in [-0.1, -0.05) is 25.1 Å². The third-order valence-corrected chi connectivity index (χ3v) is 4.93. The summed E-state index contributed by atoms with van der Waals surface area (Å²) in [5.74, 6) is 1.73. The third-order valence-electron chi connectivity index (χ3n) is 4.93. The molecule has 4 rings (SSSR count). The van der Waals surface area contributed by atoms with Gasteiger partial charge in [0.1, 0.15) is 0 Å². The minimum atomic E-state index is 0.0347. The van der Waals surface area contributed by atoms with Gasteiger partial charge in [0.25, 0.3) is 0 Å². The second-order valence-electron chi connectivity index (χ2n) is 6.93. The smallest absolute Gasteiger partial charge is 0.224 e. The highest BCUT2D eigenvalue weighted by Crippen LogP contribution is 2.45. The zero-order valence-corrected chi connectivity index (χ0v) is 14.7. The van der Waals surface area contributed by atoms with E-state index in [0.717, 1.165) is 18.0 Å². The highest BCUT2D eigenvalue weighted by atomic mass is 16.3. The summed E-state index contributed by atoms with van der Waals surface area (Å²) in [7, 11) is 0. The number of aromatic hydroxyl groups is 1. The number of carbonyl (C=O) groups excluding carboxylic acids is 1. The predicted octanol–water partition coefficient (Wildman–Crippen LogP) is 3.38. The number of carbonyl (C=O) groups is 1. The van der Waals surface area contributed by atoms with Crippen LogP contribution in [0.2, 0.25) is 0 Å². The largest absolute Gasteiger partial charge is 0.504 e. The molecule has 1 aliphatic heterocycles. The lowest BCUT2D eigenvalue weighted by atomic mass is 9.84. The summed E-state index contributed by atoms with van der Waals surface area (Å²) in [4.78, 5) is 17.6. The van der Waals surface area contributed by atoms with Crippen molar-refractivity contribution < 1.29 is 9.90 Å². The van der Waals surface area contributed by atoms with Crippen LogP contribution in [0.4, 0.5) is 11.5 Å². The number of para-hydroxylation sites is 1. The molecule has 0 radical (unpaired) electrons. The van der Waals surface area contributed by atoms with Crippen LogP contribution in [0.25, 0.3) is 0 Å². The van der Waals surface area contributed by atoms with Crippen LogP contribution in [0, 0.1) is 11.8 Å². The van der Waals surface area contributed by atoms with Gasteiger partial charge in [0.15, 0.2) is 11.6 Å². The van der Waals surface area contributed by atoms with E-state index in [1.54, 1.807) is 13.0 Å². The molecule has 0 saturated heterocycles. The van der Waals surface area contributed by atoms with Crippen molar-refractivity contribution in [3.63, 3.8) is 0 Å². The van der Waals surface area contributed by atoms with Gasteiger partial charge in [-0.25, -0.2) is 4.98 Å². The van der Waals surface area contributed by atoms with Crippen molar-refractivity contribution in [3.05, 3.63) is 48.2 Å². The highest BCUT2D eigenvalue weighted by molar-refractivity contribution is 5.93. The van der Waals surface area contributed by atoms with Gasteiger partial charge in [-0.05, 0) is 54.9 Å². The van der Waals surface area contributed by atoms with Crippen LogP contribution in [0.3, 0.4) is 0 Å². The Morgan fingerprint density at radius 2 is 1.96 bits per heavy atom. The van der Waals surface area contributed by atoms with Crippen LogP contribution in [-0.2, 0) is 11.2 Å². The van der Waals surface area contributed by atoms with Gasteiger partial charge in [0, 0.05) is 24.8 Å². The zero-order valence-electron chi connectivity index (χ0n) is 14.7. The molecule has 5 nitrogen and oxygen atoms in total. The molecule has 0 bridgehead atoms. The van der Waals surface area contributed by atoms with Gasteiger partial charge in [-0.15, -0.1) is 0 Å². The summed E-state index contributed by atoms with van der Waals surface area (Å²) in [6, 6.07) is 11.9. The predicted molar refractivity (Wildman–Crippen MR) is 99.3 cm³/mol. The molecular weight excluding hydrogens is 314 g/mol. The highest BCUT2D eigenvalue weighted by Gasteiger charge is 2.43. The third kappa shape index (κ3) is 3.76. The number of benzene rings is 1. The SMILES string of the molecule is CC(=O)N1c2ccccc2C[C@@H](C)[C@@H]1C1CC1.Nc1ncccc1O. The number of nitrogens with zero attached hydrogens (tertiary/aromatic N) is 2. The summed E-state index contributed by atoms with van der Waals surface area (Å²) in [6.07, 6.45) is 5.22. The first kappa shape index (κ1) is 17.3. The number of rotatable bonds is 1. The Hall–Kier alpha value is -2.56. The van der Waals surface area contributed by atoms with Crippen molar-refractivity contribution in [1.82, 2.24) is 4.98 Å². The van der Waals surface area contributed by atoms with Gasteiger partial charge >= 0.3 is 0 Å². The van der Waals surface area contributed by atoms with E-state index in [-0.39, 0.29) is 17.5 Å². The first-order chi connectivity index (χ1) is 12.0. The summed E-state index contributed by atoms with van der Waals surface area (Å²) in [5.41, 5.74) is 7.63. The van der Waals surface area contributed by atoms with E-state index in [9.17, 15) is 4.79 Å². The molecule has 3 N–H and O–H groups in total. The maximum absolute atomic E-state index is 12.0. The number of nitrogen functional groups attached to an aromatic ring is 1. The fourth-order valence-corrected chi connectivity index (χ4v) is 3.70. The summed E-state index contributed by atoms with van der Waals surface area (Å²) < 4.78 is 0. The molecule has 2 atom stereocenters. The van der Waals surface area contributed by atoms with Crippen LogP contribution in [0.1, 0.15) is 32.3 Å². The van der Waals surface area contributed by atoms with E-state index in [1.807, 2.05) is 6.07 Å². The molecule has 1 amide bonds. The Labute approximate surface area is 148 Å². The Morgan fingerprint density at radius 1 is 1.24 bits per heavy atom. The Bertz CT molecular complexity index is 737. The lowest BCUT2D eigenvalue weighted by Gasteiger charge is -2.41. The first-order valence-electron chi connectivity index (χ1n) is 8.76.